The summed E-state index contributed by atoms with van der Waals surface area (Å²) in [7, 11) is 0. The second kappa shape index (κ2) is 7.44. The Balaban J connectivity index is 1.95. The van der Waals surface area contributed by atoms with Gasteiger partial charge in [0.25, 0.3) is 0 Å². The second-order valence-electron chi connectivity index (χ2n) is 6.64. The zero-order valence-corrected chi connectivity index (χ0v) is 15.6. The normalized spacial score (nSPS) is 11.2. The molecule has 0 atom stereocenters. The zero-order chi connectivity index (χ0) is 19.7. The van der Waals surface area contributed by atoms with E-state index < -0.39 is 5.97 Å². The fraction of sp³-hybridized carbons (Fsp3) is 0.174. The summed E-state index contributed by atoms with van der Waals surface area (Å²) in [4.78, 5) is 12.8. The molecule has 5 heteroatoms. The van der Waals surface area contributed by atoms with Gasteiger partial charge in [0.2, 0.25) is 0 Å². The van der Waals surface area contributed by atoms with Crippen molar-refractivity contribution in [3.63, 3.8) is 0 Å². The van der Waals surface area contributed by atoms with Crippen molar-refractivity contribution in [2.24, 2.45) is 5.73 Å². The van der Waals surface area contributed by atoms with Crippen LogP contribution in [-0.4, -0.2) is 17.1 Å². The van der Waals surface area contributed by atoms with E-state index in [0.29, 0.717) is 12.2 Å². The highest BCUT2D eigenvalue weighted by atomic mass is 19.1. The Bertz CT molecular complexity index is 1180. The number of nitrogens with two attached hydrogens (primary N) is 1. The van der Waals surface area contributed by atoms with Crippen LogP contribution in [0.4, 0.5) is 4.39 Å². The van der Waals surface area contributed by atoms with Crippen LogP contribution >= 0.6 is 0 Å². The number of fused-ring (bicyclic) bond motifs is 2. The summed E-state index contributed by atoms with van der Waals surface area (Å²) in [5.41, 5.74) is 9.04. The molecule has 0 fully saturated rings. The maximum absolute atomic E-state index is 13.9. The molecule has 0 bridgehead atoms. The molecule has 4 nitrogen and oxygen atoms in total. The lowest BCUT2D eigenvalue weighted by Crippen LogP contribution is -2.16. The van der Waals surface area contributed by atoms with Crippen LogP contribution in [0.25, 0.3) is 21.7 Å². The molecule has 1 aromatic heterocycles. The number of aromatic nitrogens is 1. The minimum atomic E-state index is -0.398. The molecule has 0 spiro atoms. The van der Waals surface area contributed by atoms with E-state index >= 15 is 0 Å². The van der Waals surface area contributed by atoms with Crippen molar-refractivity contribution in [1.82, 2.24) is 4.57 Å². The number of esters is 1. The van der Waals surface area contributed by atoms with E-state index in [4.69, 9.17) is 10.5 Å². The monoisotopic (exact) mass is 376 g/mol. The van der Waals surface area contributed by atoms with Gasteiger partial charge in [-0.25, -0.2) is 9.18 Å². The Labute approximate surface area is 162 Å². The summed E-state index contributed by atoms with van der Waals surface area (Å²) < 4.78 is 21.1. The molecule has 0 saturated heterocycles. The number of carbonyl (C=O) groups is 1. The van der Waals surface area contributed by atoms with Crippen LogP contribution in [0.1, 0.15) is 28.5 Å². The van der Waals surface area contributed by atoms with Crippen molar-refractivity contribution >= 4 is 27.6 Å². The lowest BCUT2D eigenvalue weighted by Gasteiger charge is -2.13. The average Bonchev–Trinajstić information content (AvgIpc) is 3.02. The molecular weight excluding hydrogens is 355 g/mol. The van der Waals surface area contributed by atoms with E-state index in [1.807, 2.05) is 47.0 Å². The summed E-state index contributed by atoms with van der Waals surface area (Å²) >= 11 is 0. The smallest absolute Gasteiger partial charge is 0.355 e. The van der Waals surface area contributed by atoms with Gasteiger partial charge in [0, 0.05) is 29.6 Å². The van der Waals surface area contributed by atoms with Gasteiger partial charge in [0.1, 0.15) is 11.5 Å². The summed E-state index contributed by atoms with van der Waals surface area (Å²) in [6.07, 6.45) is 0. The predicted octanol–water partition coefficient (Wildman–Crippen LogP) is 4.62. The minimum absolute atomic E-state index is 0.228. The van der Waals surface area contributed by atoms with Gasteiger partial charge in [-0.2, -0.15) is 0 Å². The van der Waals surface area contributed by atoms with Crippen molar-refractivity contribution in [2.45, 2.75) is 20.0 Å². The highest BCUT2D eigenvalue weighted by molar-refractivity contribution is 5.99. The van der Waals surface area contributed by atoms with Crippen LogP contribution in [0.3, 0.4) is 0 Å². The van der Waals surface area contributed by atoms with Crippen molar-refractivity contribution in [2.75, 3.05) is 6.61 Å². The quantitative estimate of drug-likeness (QED) is 0.517. The van der Waals surface area contributed by atoms with E-state index in [9.17, 15) is 9.18 Å². The lowest BCUT2D eigenvalue weighted by atomic mass is 10.0. The van der Waals surface area contributed by atoms with E-state index in [2.05, 4.69) is 0 Å². The fourth-order valence-corrected chi connectivity index (χ4v) is 3.80. The molecule has 28 heavy (non-hydrogen) atoms. The predicted molar refractivity (Wildman–Crippen MR) is 109 cm³/mol. The zero-order valence-electron chi connectivity index (χ0n) is 15.6. The van der Waals surface area contributed by atoms with Gasteiger partial charge >= 0.3 is 5.97 Å². The number of hydrogen-bond acceptors (Lipinski definition) is 3. The molecule has 3 aromatic carbocycles. The van der Waals surface area contributed by atoms with Crippen LogP contribution in [0.5, 0.6) is 0 Å². The Hall–Kier alpha value is -3.18. The minimum Gasteiger partial charge on any atom is -0.461 e. The molecule has 4 aromatic rings. The Morgan fingerprint density at radius 3 is 2.68 bits per heavy atom. The molecule has 0 amide bonds. The van der Waals surface area contributed by atoms with Gasteiger partial charge < -0.3 is 15.0 Å². The van der Waals surface area contributed by atoms with Crippen LogP contribution in [0.2, 0.25) is 0 Å². The van der Waals surface area contributed by atoms with Gasteiger partial charge in [-0.3, -0.25) is 0 Å². The molecule has 0 aliphatic carbocycles. The maximum atomic E-state index is 13.9. The van der Waals surface area contributed by atoms with Crippen LogP contribution in [0, 0.1) is 5.82 Å². The Morgan fingerprint density at radius 1 is 1.07 bits per heavy atom. The molecule has 142 valence electrons. The molecule has 0 radical (unpaired) electrons. The van der Waals surface area contributed by atoms with Crippen LogP contribution in [0.15, 0.2) is 60.7 Å². The number of para-hydroxylation sites is 1. The third kappa shape index (κ3) is 3.04. The average molecular weight is 376 g/mol. The Morgan fingerprint density at radius 2 is 1.89 bits per heavy atom. The largest absolute Gasteiger partial charge is 0.461 e. The van der Waals surface area contributed by atoms with Crippen molar-refractivity contribution < 1.29 is 13.9 Å². The topological polar surface area (TPSA) is 57.2 Å². The lowest BCUT2D eigenvalue weighted by molar-refractivity contribution is 0.0513. The van der Waals surface area contributed by atoms with Gasteiger partial charge in [-0.15, -0.1) is 0 Å². The fourth-order valence-electron chi connectivity index (χ4n) is 3.80. The number of halogens is 1. The molecular formula is C23H21FN2O2. The number of rotatable bonds is 5. The van der Waals surface area contributed by atoms with Gasteiger partial charge in [-0.1, -0.05) is 42.5 Å². The number of nitrogens with zero attached hydrogens (tertiary/aromatic N) is 1. The molecule has 0 saturated carbocycles. The number of carbonyl (C=O) groups excluding carboxylic acids is 1. The number of hydrogen-bond donors (Lipinski definition) is 1. The second-order valence-corrected chi connectivity index (χ2v) is 6.64. The van der Waals surface area contributed by atoms with E-state index in [0.717, 1.165) is 32.8 Å². The number of benzene rings is 3. The third-order valence-electron chi connectivity index (χ3n) is 5.01. The first kappa shape index (κ1) is 18.2. The first-order valence-corrected chi connectivity index (χ1v) is 9.28. The first-order valence-electron chi connectivity index (χ1n) is 9.28. The molecule has 1 heterocycles. The van der Waals surface area contributed by atoms with E-state index in [1.54, 1.807) is 13.0 Å². The van der Waals surface area contributed by atoms with Gasteiger partial charge in [0.05, 0.1) is 6.61 Å². The summed E-state index contributed by atoms with van der Waals surface area (Å²) in [5.74, 6) is -0.684. The maximum Gasteiger partial charge on any atom is 0.355 e. The molecule has 0 aliphatic heterocycles. The number of ether oxygens (including phenoxy) is 1. The molecule has 0 aliphatic rings. The Kier molecular flexibility index (Phi) is 4.84. The van der Waals surface area contributed by atoms with Crippen LogP contribution < -0.4 is 5.73 Å². The van der Waals surface area contributed by atoms with Crippen molar-refractivity contribution in [3.05, 3.63) is 83.3 Å². The SMILES string of the molecule is CCOC(=O)c1c(CN)c2ccccc2n1Cc1cccc2ccc(F)cc12. The molecule has 4 rings (SSSR count). The summed E-state index contributed by atoms with van der Waals surface area (Å²) in [6, 6.07) is 18.4. The highest BCUT2D eigenvalue weighted by Gasteiger charge is 2.23. The third-order valence-corrected chi connectivity index (χ3v) is 5.01. The highest BCUT2D eigenvalue weighted by Crippen LogP contribution is 2.29. The molecule has 2 N–H and O–H groups in total. The summed E-state index contributed by atoms with van der Waals surface area (Å²) in [6.45, 7) is 2.70. The van der Waals surface area contributed by atoms with E-state index in [1.165, 1.54) is 12.1 Å². The van der Waals surface area contributed by atoms with Crippen molar-refractivity contribution in [3.8, 4) is 0 Å². The summed E-state index contributed by atoms with van der Waals surface area (Å²) in [5, 5.41) is 2.70. The first-order chi connectivity index (χ1) is 13.6. The van der Waals surface area contributed by atoms with Crippen molar-refractivity contribution in [1.29, 1.82) is 0 Å². The standard InChI is InChI=1S/C23H21FN2O2/c1-2-28-23(27)22-20(13-25)18-8-3-4-9-21(18)26(22)14-16-7-5-6-15-10-11-17(24)12-19(15)16/h3-12H,2,13-14,25H2,1H3. The van der Waals surface area contributed by atoms with Crippen LogP contribution in [-0.2, 0) is 17.8 Å². The van der Waals surface area contributed by atoms with Gasteiger partial charge in [0.15, 0.2) is 0 Å². The molecule has 0 unspecified atom stereocenters. The van der Waals surface area contributed by atoms with E-state index in [-0.39, 0.29) is 19.0 Å². The van der Waals surface area contributed by atoms with Gasteiger partial charge in [-0.05, 0) is 41.5 Å².